The smallest absolute Gasteiger partial charge is 0.304 e. The Bertz CT molecular complexity index is 891. The zero-order chi connectivity index (χ0) is 21.4. The largest absolute Gasteiger partial charge is 0.504 e. The minimum Gasteiger partial charge on any atom is -0.504 e. The maximum atomic E-state index is 11.7. The minimum atomic E-state index is -0.801. The molecule has 0 aliphatic carbocycles. The number of esters is 1. The van der Waals surface area contributed by atoms with Crippen LogP contribution in [0.3, 0.4) is 0 Å². The quantitative estimate of drug-likeness (QED) is 0.717. The highest BCUT2D eigenvalue weighted by atomic mass is 16.7. The van der Waals surface area contributed by atoms with Crippen molar-refractivity contribution in [3.05, 3.63) is 47.5 Å². The van der Waals surface area contributed by atoms with Crippen molar-refractivity contribution in [3.63, 3.8) is 0 Å². The van der Waals surface area contributed by atoms with Gasteiger partial charge >= 0.3 is 5.97 Å². The molecular formula is C22H24O8. The Hall–Kier alpha value is -2.97. The SMILES string of the molecule is COc1cc([C@H]2OC[C@H]3C2[C@H](OC(C)=O)O[C@@H]3c2ccc(O)c(OC)c2)ccc1O. The van der Waals surface area contributed by atoms with Crippen molar-refractivity contribution in [1.82, 2.24) is 0 Å². The van der Waals surface area contributed by atoms with Gasteiger partial charge in [-0.15, -0.1) is 0 Å². The van der Waals surface area contributed by atoms with Crippen LogP contribution in [-0.4, -0.2) is 43.3 Å². The molecule has 0 amide bonds. The van der Waals surface area contributed by atoms with Crippen molar-refractivity contribution in [1.29, 1.82) is 0 Å². The molecule has 2 N–H and O–H groups in total. The summed E-state index contributed by atoms with van der Waals surface area (Å²) in [5.74, 6) is -0.0595. The van der Waals surface area contributed by atoms with Gasteiger partial charge in [-0.25, -0.2) is 0 Å². The van der Waals surface area contributed by atoms with E-state index in [2.05, 4.69) is 0 Å². The number of phenolic OH excluding ortho intramolecular Hbond substituents is 2. The number of carbonyl (C=O) groups is 1. The summed E-state index contributed by atoms with van der Waals surface area (Å²) in [4.78, 5) is 11.7. The number of methoxy groups -OCH3 is 2. The van der Waals surface area contributed by atoms with Crippen molar-refractivity contribution in [3.8, 4) is 23.0 Å². The van der Waals surface area contributed by atoms with E-state index in [1.165, 1.54) is 21.1 Å². The summed E-state index contributed by atoms with van der Waals surface area (Å²) < 4.78 is 28.2. The van der Waals surface area contributed by atoms with E-state index in [0.717, 1.165) is 11.1 Å². The van der Waals surface area contributed by atoms with Crippen LogP contribution < -0.4 is 9.47 Å². The standard InChI is InChI=1S/C22H24O8/c1-11(23)29-22-19-14(20(30-22)12-4-6-15(24)17(8-12)26-2)10-28-21(19)13-5-7-16(25)18(9-13)27-3/h4-9,14,19-22,24-25H,10H2,1-3H3/t14-,19?,20+,21+,22+/m0/s1. The van der Waals surface area contributed by atoms with Gasteiger partial charge in [0, 0.05) is 12.8 Å². The molecule has 2 heterocycles. The second kappa shape index (κ2) is 8.04. The number of hydrogen-bond acceptors (Lipinski definition) is 8. The monoisotopic (exact) mass is 416 g/mol. The van der Waals surface area contributed by atoms with Gasteiger partial charge in [0.2, 0.25) is 6.29 Å². The van der Waals surface area contributed by atoms with Gasteiger partial charge in [-0.2, -0.15) is 0 Å². The number of ether oxygens (including phenoxy) is 5. The maximum Gasteiger partial charge on any atom is 0.304 e. The van der Waals surface area contributed by atoms with Gasteiger partial charge in [0.25, 0.3) is 0 Å². The fourth-order valence-electron chi connectivity index (χ4n) is 4.29. The predicted molar refractivity (Wildman–Crippen MR) is 104 cm³/mol. The van der Waals surface area contributed by atoms with Gasteiger partial charge < -0.3 is 33.9 Å². The van der Waals surface area contributed by atoms with E-state index in [-0.39, 0.29) is 23.3 Å². The van der Waals surface area contributed by atoms with Gasteiger partial charge in [-0.1, -0.05) is 12.1 Å². The molecule has 2 aromatic rings. The molecule has 0 radical (unpaired) electrons. The van der Waals surface area contributed by atoms with Crippen LogP contribution in [-0.2, 0) is 19.0 Å². The normalized spacial score (nSPS) is 27.5. The average molecular weight is 416 g/mol. The lowest BCUT2D eigenvalue weighted by Gasteiger charge is -2.23. The van der Waals surface area contributed by atoms with Crippen LogP contribution in [0.5, 0.6) is 23.0 Å². The molecule has 0 spiro atoms. The minimum absolute atomic E-state index is 0.0315. The first-order valence-corrected chi connectivity index (χ1v) is 9.61. The third-order valence-electron chi connectivity index (χ3n) is 5.64. The van der Waals surface area contributed by atoms with E-state index in [1.54, 1.807) is 36.4 Å². The Morgan fingerprint density at radius 2 is 1.53 bits per heavy atom. The molecular weight excluding hydrogens is 392 g/mol. The van der Waals surface area contributed by atoms with Gasteiger partial charge in [0.15, 0.2) is 23.0 Å². The third-order valence-corrected chi connectivity index (χ3v) is 5.64. The maximum absolute atomic E-state index is 11.7. The van der Waals surface area contributed by atoms with Gasteiger partial charge in [-0.3, -0.25) is 4.79 Å². The summed E-state index contributed by atoms with van der Waals surface area (Å²) in [6, 6.07) is 10.0. The lowest BCUT2D eigenvalue weighted by molar-refractivity contribution is -0.186. The Morgan fingerprint density at radius 3 is 2.07 bits per heavy atom. The molecule has 2 fully saturated rings. The van der Waals surface area contributed by atoms with Crippen molar-refractivity contribution in [2.75, 3.05) is 20.8 Å². The molecule has 1 unspecified atom stereocenters. The predicted octanol–water partition coefficient (Wildman–Crippen LogP) is 3.08. The summed E-state index contributed by atoms with van der Waals surface area (Å²) in [7, 11) is 2.96. The fourth-order valence-corrected chi connectivity index (χ4v) is 4.29. The van der Waals surface area contributed by atoms with E-state index in [9.17, 15) is 15.0 Å². The lowest BCUT2D eigenvalue weighted by Crippen LogP contribution is -2.27. The van der Waals surface area contributed by atoms with Gasteiger partial charge in [0.1, 0.15) is 0 Å². The summed E-state index contributed by atoms with van der Waals surface area (Å²) in [6.07, 6.45) is -1.61. The highest BCUT2D eigenvalue weighted by molar-refractivity contribution is 5.66. The third kappa shape index (κ3) is 3.53. The Balaban J connectivity index is 1.68. The molecule has 160 valence electrons. The van der Waals surface area contributed by atoms with Crippen LogP contribution in [0.15, 0.2) is 36.4 Å². The molecule has 8 heteroatoms. The van der Waals surface area contributed by atoms with Crippen molar-refractivity contribution < 1.29 is 38.7 Å². The first kappa shape index (κ1) is 20.3. The van der Waals surface area contributed by atoms with E-state index in [4.69, 9.17) is 23.7 Å². The zero-order valence-corrected chi connectivity index (χ0v) is 16.9. The van der Waals surface area contributed by atoms with Crippen LogP contribution in [0, 0.1) is 11.8 Å². The van der Waals surface area contributed by atoms with Gasteiger partial charge in [-0.05, 0) is 35.4 Å². The molecule has 0 bridgehead atoms. The highest BCUT2D eigenvalue weighted by Crippen LogP contribution is 2.54. The van der Waals surface area contributed by atoms with E-state index >= 15 is 0 Å². The van der Waals surface area contributed by atoms with Crippen molar-refractivity contribution in [2.45, 2.75) is 25.4 Å². The molecule has 0 saturated carbocycles. The summed E-state index contributed by atoms with van der Waals surface area (Å²) in [5, 5.41) is 19.8. The molecule has 2 aromatic carbocycles. The summed E-state index contributed by atoms with van der Waals surface area (Å²) in [5.41, 5.74) is 1.59. The highest BCUT2D eigenvalue weighted by Gasteiger charge is 2.55. The lowest BCUT2D eigenvalue weighted by atomic mass is 9.84. The molecule has 2 aliphatic rings. The number of rotatable bonds is 5. The number of carbonyl (C=O) groups excluding carboxylic acids is 1. The van der Waals surface area contributed by atoms with Crippen molar-refractivity contribution >= 4 is 5.97 Å². The average Bonchev–Trinajstić information content (AvgIpc) is 3.30. The fraction of sp³-hybridized carbons (Fsp3) is 0.409. The molecule has 4 rings (SSSR count). The van der Waals surface area contributed by atoms with Crippen LogP contribution in [0.4, 0.5) is 0 Å². The van der Waals surface area contributed by atoms with E-state index < -0.39 is 24.5 Å². The second-order valence-electron chi connectivity index (χ2n) is 7.39. The number of fused-ring (bicyclic) bond motifs is 1. The Kier molecular flexibility index (Phi) is 5.44. The molecule has 8 nitrogen and oxygen atoms in total. The molecule has 2 saturated heterocycles. The molecule has 0 aromatic heterocycles. The Morgan fingerprint density at radius 1 is 0.967 bits per heavy atom. The summed E-state index contributed by atoms with van der Waals surface area (Å²) >= 11 is 0. The number of aromatic hydroxyl groups is 2. The Labute approximate surface area is 173 Å². The van der Waals surface area contributed by atoms with Crippen LogP contribution >= 0.6 is 0 Å². The topological polar surface area (TPSA) is 104 Å². The number of benzene rings is 2. The number of phenols is 2. The zero-order valence-electron chi connectivity index (χ0n) is 16.9. The van der Waals surface area contributed by atoms with Crippen LogP contribution in [0.1, 0.15) is 30.3 Å². The summed E-state index contributed by atoms with van der Waals surface area (Å²) in [6.45, 7) is 1.73. The first-order chi connectivity index (χ1) is 14.4. The van der Waals surface area contributed by atoms with Crippen molar-refractivity contribution in [2.24, 2.45) is 11.8 Å². The van der Waals surface area contributed by atoms with E-state index in [1.807, 2.05) is 0 Å². The van der Waals surface area contributed by atoms with Gasteiger partial charge in [0.05, 0.1) is 39.0 Å². The number of hydrogen-bond donors (Lipinski definition) is 2. The molecule has 5 atom stereocenters. The van der Waals surface area contributed by atoms with Crippen LogP contribution in [0.25, 0.3) is 0 Å². The first-order valence-electron chi connectivity index (χ1n) is 9.61. The van der Waals surface area contributed by atoms with E-state index in [0.29, 0.717) is 18.1 Å². The molecule has 2 aliphatic heterocycles. The van der Waals surface area contributed by atoms with Crippen LogP contribution in [0.2, 0.25) is 0 Å². The second-order valence-corrected chi connectivity index (χ2v) is 7.39. The molecule has 30 heavy (non-hydrogen) atoms.